The summed E-state index contributed by atoms with van der Waals surface area (Å²) in [4.78, 5) is 17.9. The summed E-state index contributed by atoms with van der Waals surface area (Å²) in [6.07, 6.45) is 5.28. The van der Waals surface area contributed by atoms with E-state index in [-0.39, 0.29) is 0 Å². The van der Waals surface area contributed by atoms with Gasteiger partial charge in [-0.15, -0.1) is 0 Å². The van der Waals surface area contributed by atoms with Crippen molar-refractivity contribution in [3.63, 3.8) is 0 Å². The van der Waals surface area contributed by atoms with E-state index in [9.17, 15) is 0 Å². The van der Waals surface area contributed by atoms with Gasteiger partial charge in [-0.05, 0) is 67.6 Å². The fourth-order valence-corrected chi connectivity index (χ4v) is 7.20. The molecule has 0 saturated heterocycles. The van der Waals surface area contributed by atoms with Crippen LogP contribution in [0.25, 0.3) is 44.5 Å². The molecule has 54 heavy (non-hydrogen) atoms. The van der Waals surface area contributed by atoms with Crippen LogP contribution in [0.3, 0.4) is 0 Å². The Morgan fingerprint density at radius 2 is 1.37 bits per heavy atom. The molecule has 7 nitrogen and oxygen atoms in total. The second kappa shape index (κ2) is 13.9. The molecule has 0 aliphatic carbocycles. The van der Waals surface area contributed by atoms with Gasteiger partial charge in [0.2, 0.25) is 0 Å². The summed E-state index contributed by atoms with van der Waals surface area (Å²) in [6, 6.07) is 45.0. The van der Waals surface area contributed by atoms with Crippen molar-refractivity contribution in [1.82, 2.24) is 9.55 Å². The molecular weight excluding hydrogens is 667 g/mol. The summed E-state index contributed by atoms with van der Waals surface area (Å²) in [5, 5.41) is 3.31. The second-order valence-corrected chi connectivity index (χ2v) is 13.3. The predicted molar refractivity (Wildman–Crippen MR) is 223 cm³/mol. The number of benzene rings is 6. The van der Waals surface area contributed by atoms with E-state index in [0.29, 0.717) is 41.2 Å². The van der Waals surface area contributed by atoms with Gasteiger partial charge < -0.3 is 19.0 Å². The fourth-order valence-electron chi connectivity index (χ4n) is 7.20. The molecule has 0 fully saturated rings. The number of aromatic amines is 1. The molecule has 0 unspecified atom stereocenters. The highest BCUT2D eigenvalue weighted by atomic mass is 16.6. The van der Waals surface area contributed by atoms with Crippen LogP contribution >= 0.6 is 0 Å². The zero-order valence-corrected chi connectivity index (χ0v) is 30.1. The number of nitrogens with one attached hydrogen (secondary N) is 1. The van der Waals surface area contributed by atoms with Crippen molar-refractivity contribution >= 4 is 57.2 Å². The molecule has 7 heteroatoms. The standard InChI is InChI=1S/C47H37N5O2/c1-4-5-23-40-30(2)36-25-42-45(54-43-26-37-35-21-12-13-22-38(35)50-39(37)27-44(43)53-42)28-41(36)52(40)34-20-14-19-33(24-34)46(48-3)51-47(32-17-10-7-11-18-32)49-29-31-15-8-6-9-16-31/h5-28,50H,3-4,29H2,1-2H3/b23-5-,49-47?,51-46?. The fraction of sp³-hybridized carbons (Fsp3) is 0.0851. The van der Waals surface area contributed by atoms with Gasteiger partial charge in [0.1, 0.15) is 0 Å². The number of allylic oxidation sites excluding steroid dienone is 1. The summed E-state index contributed by atoms with van der Waals surface area (Å²) in [5.74, 6) is 3.78. The number of hydrogen-bond acceptors (Lipinski definition) is 3. The summed E-state index contributed by atoms with van der Waals surface area (Å²) in [6.45, 7) is 8.72. The normalized spacial score (nSPS) is 12.9. The maximum atomic E-state index is 6.63. The van der Waals surface area contributed by atoms with E-state index in [4.69, 9.17) is 19.5 Å². The number of aliphatic imine (C=N–C) groups is 3. The Labute approximate surface area is 313 Å². The topological polar surface area (TPSA) is 76.3 Å². The van der Waals surface area contributed by atoms with Gasteiger partial charge in [-0.2, -0.15) is 0 Å². The molecule has 0 bridgehead atoms. The SMILES string of the molecule is C=NC(=NC(=NCc1ccccc1)c1ccccc1)c1cccc(-n2c(/C=C\CC)c(C)c3cc4c(cc32)Oc2cc3c(cc2O4)[nH]c2ccccc23)c1. The van der Waals surface area contributed by atoms with Gasteiger partial charge in [-0.3, -0.25) is 4.99 Å². The molecule has 2 aromatic heterocycles. The molecular formula is C47H37N5O2. The quantitative estimate of drug-likeness (QED) is 0.132. The number of para-hydroxylation sites is 1. The van der Waals surface area contributed by atoms with Crippen molar-refractivity contribution in [3.05, 3.63) is 167 Å². The smallest absolute Gasteiger partial charge is 0.172 e. The average Bonchev–Trinajstić information content (AvgIpc) is 3.71. The van der Waals surface area contributed by atoms with Crippen LogP contribution in [0.1, 0.15) is 41.3 Å². The highest BCUT2D eigenvalue weighted by Crippen LogP contribution is 2.50. The van der Waals surface area contributed by atoms with E-state index < -0.39 is 0 Å². The second-order valence-electron chi connectivity index (χ2n) is 13.3. The molecule has 0 amide bonds. The maximum Gasteiger partial charge on any atom is 0.172 e. The Morgan fingerprint density at radius 3 is 2.15 bits per heavy atom. The summed E-state index contributed by atoms with van der Waals surface area (Å²) in [7, 11) is 0. The molecule has 0 atom stereocenters. The highest BCUT2D eigenvalue weighted by Gasteiger charge is 2.25. The molecule has 1 N–H and O–H groups in total. The average molecular weight is 704 g/mol. The molecule has 6 aromatic carbocycles. The zero-order chi connectivity index (χ0) is 36.6. The van der Waals surface area contributed by atoms with Crippen LogP contribution in [-0.4, -0.2) is 27.9 Å². The van der Waals surface area contributed by atoms with Crippen LogP contribution in [0.4, 0.5) is 0 Å². The summed E-state index contributed by atoms with van der Waals surface area (Å²) in [5.41, 5.74) is 9.08. The minimum absolute atomic E-state index is 0.487. The van der Waals surface area contributed by atoms with E-state index >= 15 is 0 Å². The first-order chi connectivity index (χ1) is 26.6. The number of H-pyrrole nitrogens is 1. The zero-order valence-electron chi connectivity index (χ0n) is 30.1. The van der Waals surface area contributed by atoms with Gasteiger partial charge in [0.25, 0.3) is 0 Å². The largest absolute Gasteiger partial charge is 0.449 e. The number of nitrogens with zero attached hydrogens (tertiary/aromatic N) is 4. The van der Waals surface area contributed by atoms with Crippen molar-refractivity contribution in [3.8, 4) is 28.7 Å². The molecule has 8 aromatic rings. The Kier molecular flexibility index (Phi) is 8.44. The maximum absolute atomic E-state index is 6.63. The molecule has 0 spiro atoms. The lowest BCUT2D eigenvalue weighted by molar-refractivity contribution is 0.361. The number of aryl methyl sites for hydroxylation is 1. The van der Waals surface area contributed by atoms with Gasteiger partial charge in [0.05, 0.1) is 17.6 Å². The lowest BCUT2D eigenvalue weighted by Gasteiger charge is -2.21. The van der Waals surface area contributed by atoms with E-state index in [2.05, 4.69) is 108 Å². The minimum atomic E-state index is 0.487. The number of hydrogen-bond donors (Lipinski definition) is 1. The van der Waals surface area contributed by atoms with Gasteiger partial charge in [-0.25, -0.2) is 9.98 Å². The van der Waals surface area contributed by atoms with E-state index in [1.54, 1.807) is 0 Å². The molecule has 1 aliphatic heterocycles. The third-order valence-electron chi connectivity index (χ3n) is 9.86. The third kappa shape index (κ3) is 5.95. The predicted octanol–water partition coefficient (Wildman–Crippen LogP) is 12.0. The monoisotopic (exact) mass is 703 g/mol. The molecule has 0 radical (unpaired) electrons. The van der Waals surface area contributed by atoms with Crippen LogP contribution < -0.4 is 9.47 Å². The molecule has 3 heterocycles. The van der Waals surface area contributed by atoms with Crippen LogP contribution in [0.15, 0.2) is 155 Å². The van der Waals surface area contributed by atoms with Gasteiger partial charge in [-0.1, -0.05) is 104 Å². The van der Waals surface area contributed by atoms with Gasteiger partial charge in [0.15, 0.2) is 34.7 Å². The lowest BCUT2D eigenvalue weighted by atomic mass is 10.1. The molecule has 1 aliphatic rings. The number of ether oxygens (including phenoxy) is 2. The Balaban J connectivity index is 1.14. The molecule has 0 saturated carbocycles. The van der Waals surface area contributed by atoms with Crippen molar-refractivity contribution in [2.75, 3.05) is 0 Å². The first kappa shape index (κ1) is 32.9. The first-order valence-electron chi connectivity index (χ1n) is 18.1. The van der Waals surface area contributed by atoms with Crippen LogP contribution in [0.5, 0.6) is 23.0 Å². The van der Waals surface area contributed by atoms with Gasteiger partial charge >= 0.3 is 0 Å². The van der Waals surface area contributed by atoms with Crippen LogP contribution in [-0.2, 0) is 6.54 Å². The van der Waals surface area contributed by atoms with Crippen molar-refractivity contribution in [2.45, 2.75) is 26.8 Å². The molecule has 262 valence electrons. The van der Waals surface area contributed by atoms with E-state index in [0.717, 1.165) is 72.8 Å². The highest BCUT2D eigenvalue weighted by molar-refractivity contribution is 6.13. The Morgan fingerprint density at radius 1 is 0.685 bits per heavy atom. The number of aromatic nitrogens is 2. The van der Waals surface area contributed by atoms with Crippen molar-refractivity contribution in [1.29, 1.82) is 0 Å². The van der Waals surface area contributed by atoms with E-state index in [1.165, 1.54) is 0 Å². The third-order valence-corrected chi connectivity index (χ3v) is 9.86. The number of rotatable bonds is 7. The number of amidine groups is 2. The van der Waals surface area contributed by atoms with Crippen LogP contribution in [0.2, 0.25) is 0 Å². The summed E-state index contributed by atoms with van der Waals surface area (Å²) >= 11 is 0. The van der Waals surface area contributed by atoms with Crippen molar-refractivity contribution in [2.24, 2.45) is 15.0 Å². The van der Waals surface area contributed by atoms with Crippen molar-refractivity contribution < 1.29 is 9.47 Å². The lowest BCUT2D eigenvalue weighted by Crippen LogP contribution is -2.07. The van der Waals surface area contributed by atoms with Gasteiger partial charge in [0, 0.05) is 56.3 Å². The minimum Gasteiger partial charge on any atom is -0.449 e. The van der Waals surface area contributed by atoms with Crippen LogP contribution in [0, 0.1) is 6.92 Å². The summed E-state index contributed by atoms with van der Waals surface area (Å²) < 4.78 is 15.4. The Bertz CT molecular complexity index is 2810. The Hall–Kier alpha value is -6.99. The number of fused-ring (bicyclic) bond motifs is 6. The molecule has 9 rings (SSSR count). The van der Waals surface area contributed by atoms with E-state index in [1.807, 2.05) is 72.8 Å². The first-order valence-corrected chi connectivity index (χ1v) is 18.1.